The first-order chi connectivity index (χ1) is 9.49. The minimum atomic E-state index is -0.530. The number of nitrogens with zero attached hydrogens (tertiary/aromatic N) is 2. The Labute approximate surface area is 127 Å². The third kappa shape index (κ3) is 3.23. The van der Waals surface area contributed by atoms with E-state index in [0.717, 1.165) is 6.20 Å². The molecule has 2 rings (SSSR count). The summed E-state index contributed by atoms with van der Waals surface area (Å²) in [7, 11) is 0. The third-order valence-electron chi connectivity index (χ3n) is 2.53. The third-order valence-corrected chi connectivity index (χ3v) is 3.42. The molecular weight excluding hydrogens is 353 g/mol. The average Bonchev–Trinajstić information content (AvgIpc) is 2.40. The number of aromatic nitrogens is 1. The van der Waals surface area contributed by atoms with Gasteiger partial charge in [-0.05, 0) is 33.6 Å². The molecule has 0 radical (unpaired) electrons. The maximum absolute atomic E-state index is 13.0. The Hall–Kier alpha value is -1.73. The first kappa shape index (κ1) is 14.7. The van der Waals surface area contributed by atoms with E-state index in [1.807, 2.05) is 0 Å². The van der Waals surface area contributed by atoms with Crippen LogP contribution in [0.1, 0.15) is 5.56 Å². The van der Waals surface area contributed by atoms with Crippen molar-refractivity contribution in [1.29, 1.82) is 0 Å². The second kappa shape index (κ2) is 6.15. The molecule has 0 saturated carbocycles. The molecule has 5 nitrogen and oxygen atoms in total. The summed E-state index contributed by atoms with van der Waals surface area (Å²) >= 11 is 8.88. The minimum Gasteiger partial charge on any atom is -0.374 e. The molecule has 104 valence electrons. The van der Waals surface area contributed by atoms with Crippen molar-refractivity contribution in [3.05, 3.63) is 61.6 Å². The molecule has 0 aliphatic heterocycles. The second-order valence-corrected chi connectivity index (χ2v) is 5.14. The predicted molar refractivity (Wildman–Crippen MR) is 77.3 cm³/mol. The quantitative estimate of drug-likeness (QED) is 0.657. The topological polar surface area (TPSA) is 68.1 Å². The molecule has 1 aromatic carbocycles. The van der Waals surface area contributed by atoms with Gasteiger partial charge in [-0.15, -0.1) is 0 Å². The van der Waals surface area contributed by atoms with Crippen molar-refractivity contribution in [2.24, 2.45) is 0 Å². The van der Waals surface area contributed by atoms with Crippen LogP contribution in [0.2, 0.25) is 5.02 Å². The standard InChI is InChI=1S/C12H8BrClFN3O2/c13-8-5-16-6-11(18(19)20)12(8)17-4-7-1-2-10(15)9(14)3-7/h1-3,5-6H,4H2,(H,16,17). The number of nitrogens with one attached hydrogen (secondary N) is 1. The summed E-state index contributed by atoms with van der Waals surface area (Å²) in [6.07, 6.45) is 2.61. The van der Waals surface area contributed by atoms with Crippen molar-refractivity contribution in [3.8, 4) is 0 Å². The van der Waals surface area contributed by atoms with Gasteiger partial charge in [0.2, 0.25) is 0 Å². The van der Waals surface area contributed by atoms with Crippen molar-refractivity contribution >= 4 is 38.9 Å². The smallest absolute Gasteiger partial charge is 0.311 e. The van der Waals surface area contributed by atoms with Crippen molar-refractivity contribution in [2.45, 2.75) is 6.54 Å². The van der Waals surface area contributed by atoms with Gasteiger partial charge in [0.25, 0.3) is 0 Å². The van der Waals surface area contributed by atoms with E-state index >= 15 is 0 Å². The largest absolute Gasteiger partial charge is 0.374 e. The summed E-state index contributed by atoms with van der Waals surface area (Å²) in [5.74, 6) is -0.508. The van der Waals surface area contributed by atoms with Gasteiger partial charge in [0.1, 0.15) is 17.7 Å². The molecule has 0 aliphatic rings. The van der Waals surface area contributed by atoms with E-state index in [1.54, 1.807) is 6.07 Å². The minimum absolute atomic E-state index is 0.00703. The number of hydrogen-bond acceptors (Lipinski definition) is 4. The molecule has 1 heterocycles. The summed E-state index contributed by atoms with van der Waals surface area (Å²) in [4.78, 5) is 14.1. The van der Waals surface area contributed by atoms with E-state index in [-0.39, 0.29) is 17.3 Å². The van der Waals surface area contributed by atoms with Crippen molar-refractivity contribution < 1.29 is 9.31 Å². The zero-order valence-corrected chi connectivity index (χ0v) is 12.3. The van der Waals surface area contributed by atoms with Crippen molar-refractivity contribution in [3.63, 3.8) is 0 Å². The van der Waals surface area contributed by atoms with E-state index in [0.29, 0.717) is 15.7 Å². The number of anilines is 1. The number of benzene rings is 1. The lowest BCUT2D eigenvalue weighted by atomic mass is 10.2. The Morgan fingerprint density at radius 3 is 2.85 bits per heavy atom. The average molecular weight is 361 g/mol. The summed E-state index contributed by atoms with van der Waals surface area (Å²) < 4.78 is 13.5. The molecule has 0 aliphatic carbocycles. The van der Waals surface area contributed by atoms with Crippen LogP contribution in [0.5, 0.6) is 0 Å². The molecule has 0 atom stereocenters. The molecule has 1 N–H and O–H groups in total. The zero-order chi connectivity index (χ0) is 14.7. The summed E-state index contributed by atoms with van der Waals surface area (Å²) in [5, 5.41) is 13.8. The van der Waals surface area contributed by atoms with E-state index in [1.165, 1.54) is 18.3 Å². The fraction of sp³-hybridized carbons (Fsp3) is 0.0833. The van der Waals surface area contributed by atoms with Gasteiger partial charge < -0.3 is 5.32 Å². The Morgan fingerprint density at radius 1 is 1.45 bits per heavy atom. The van der Waals surface area contributed by atoms with Crippen LogP contribution < -0.4 is 5.32 Å². The molecule has 0 unspecified atom stereocenters. The SMILES string of the molecule is O=[N+]([O-])c1cncc(Br)c1NCc1ccc(F)c(Cl)c1. The van der Waals surface area contributed by atoms with Gasteiger partial charge in [0.15, 0.2) is 0 Å². The van der Waals surface area contributed by atoms with Gasteiger partial charge in [-0.3, -0.25) is 15.1 Å². The first-order valence-corrected chi connectivity index (χ1v) is 6.62. The van der Waals surface area contributed by atoms with E-state index in [2.05, 4.69) is 26.2 Å². The van der Waals surface area contributed by atoms with Gasteiger partial charge in [-0.1, -0.05) is 17.7 Å². The fourth-order valence-corrected chi connectivity index (χ4v) is 2.24. The number of rotatable bonds is 4. The van der Waals surface area contributed by atoms with Gasteiger partial charge in [-0.2, -0.15) is 0 Å². The predicted octanol–water partition coefficient (Wildman–Crippen LogP) is 4.16. The lowest BCUT2D eigenvalue weighted by Crippen LogP contribution is -2.04. The Balaban J connectivity index is 2.22. The van der Waals surface area contributed by atoms with Crippen LogP contribution >= 0.6 is 27.5 Å². The van der Waals surface area contributed by atoms with E-state index < -0.39 is 10.7 Å². The molecule has 0 bridgehead atoms. The fourth-order valence-electron chi connectivity index (χ4n) is 1.58. The van der Waals surface area contributed by atoms with Crippen molar-refractivity contribution in [2.75, 3.05) is 5.32 Å². The summed E-state index contributed by atoms with van der Waals surface area (Å²) in [6, 6.07) is 4.26. The lowest BCUT2D eigenvalue weighted by Gasteiger charge is -2.09. The number of hydrogen-bond donors (Lipinski definition) is 1. The van der Waals surface area contributed by atoms with Crippen LogP contribution in [0.25, 0.3) is 0 Å². The molecule has 20 heavy (non-hydrogen) atoms. The highest BCUT2D eigenvalue weighted by atomic mass is 79.9. The number of nitro groups is 1. The van der Waals surface area contributed by atoms with Crippen LogP contribution in [-0.2, 0) is 6.54 Å². The number of halogens is 3. The van der Waals surface area contributed by atoms with E-state index in [9.17, 15) is 14.5 Å². The summed E-state index contributed by atoms with van der Waals surface area (Å²) in [6.45, 7) is 0.267. The Kier molecular flexibility index (Phi) is 4.51. The van der Waals surface area contributed by atoms with Crippen molar-refractivity contribution in [1.82, 2.24) is 4.98 Å². The molecule has 0 amide bonds. The van der Waals surface area contributed by atoms with Gasteiger partial charge in [0, 0.05) is 12.7 Å². The highest BCUT2D eigenvalue weighted by Crippen LogP contribution is 2.31. The maximum Gasteiger partial charge on any atom is 0.311 e. The Morgan fingerprint density at radius 2 is 2.20 bits per heavy atom. The monoisotopic (exact) mass is 359 g/mol. The second-order valence-electron chi connectivity index (χ2n) is 3.87. The highest BCUT2D eigenvalue weighted by Gasteiger charge is 2.17. The van der Waals surface area contributed by atoms with Crippen LogP contribution in [0.3, 0.4) is 0 Å². The molecule has 0 saturated heterocycles. The van der Waals surface area contributed by atoms with Crippen LogP contribution in [-0.4, -0.2) is 9.91 Å². The van der Waals surface area contributed by atoms with Crippen LogP contribution in [0.15, 0.2) is 35.1 Å². The normalized spacial score (nSPS) is 10.3. The summed E-state index contributed by atoms with van der Waals surface area (Å²) in [5.41, 5.74) is 0.868. The van der Waals surface area contributed by atoms with E-state index in [4.69, 9.17) is 11.6 Å². The molecule has 2 aromatic rings. The Bertz CT molecular complexity index is 669. The molecule has 1 aromatic heterocycles. The van der Waals surface area contributed by atoms with Gasteiger partial charge in [0.05, 0.1) is 14.4 Å². The van der Waals surface area contributed by atoms with Gasteiger partial charge in [-0.25, -0.2) is 4.39 Å². The molecular formula is C12H8BrClFN3O2. The zero-order valence-electron chi connectivity index (χ0n) is 9.94. The van der Waals surface area contributed by atoms with Gasteiger partial charge >= 0.3 is 5.69 Å². The molecule has 8 heteroatoms. The van der Waals surface area contributed by atoms with Crippen LogP contribution in [0, 0.1) is 15.9 Å². The molecule has 0 spiro atoms. The maximum atomic E-state index is 13.0. The highest BCUT2D eigenvalue weighted by molar-refractivity contribution is 9.10. The molecule has 0 fully saturated rings. The van der Waals surface area contributed by atoms with Crippen LogP contribution in [0.4, 0.5) is 15.8 Å². The number of pyridine rings is 1. The lowest BCUT2D eigenvalue weighted by molar-refractivity contribution is -0.384. The first-order valence-electron chi connectivity index (χ1n) is 5.44.